The van der Waals surface area contributed by atoms with Crippen LogP contribution in [0.4, 0.5) is 0 Å². The van der Waals surface area contributed by atoms with Crippen molar-refractivity contribution in [2.75, 3.05) is 6.61 Å². The highest BCUT2D eigenvalue weighted by Gasteiger charge is 2.23. The van der Waals surface area contributed by atoms with Gasteiger partial charge in [0.1, 0.15) is 5.65 Å². The number of nitrogens with zero attached hydrogens (tertiary/aromatic N) is 4. The zero-order valence-corrected chi connectivity index (χ0v) is 14.7. The second-order valence-corrected chi connectivity index (χ2v) is 7.26. The molecule has 0 aliphatic heterocycles. The third-order valence-electron chi connectivity index (χ3n) is 5.24. The molecule has 0 saturated heterocycles. The molecule has 5 nitrogen and oxygen atoms in total. The van der Waals surface area contributed by atoms with Crippen molar-refractivity contribution in [3.63, 3.8) is 0 Å². The standard InChI is InChI=1S/C18H22N4OS/c1-21-9-15(8-20-21)17-10-22(24)18-16(17)6-14(7-19-18)13-4-2-12(11-23)3-5-13/h6-10,12-13,23-24H,2-5,11H2,1H3. The zero-order valence-electron chi connectivity index (χ0n) is 13.8. The van der Waals surface area contributed by atoms with E-state index in [4.69, 9.17) is 0 Å². The van der Waals surface area contributed by atoms with Gasteiger partial charge in [-0.1, -0.05) is 12.8 Å². The Morgan fingerprint density at radius 3 is 2.67 bits per heavy atom. The summed E-state index contributed by atoms with van der Waals surface area (Å²) in [7, 11) is 1.92. The number of aliphatic hydroxyl groups is 1. The lowest BCUT2D eigenvalue weighted by Crippen LogP contribution is -2.16. The molecule has 0 spiro atoms. The van der Waals surface area contributed by atoms with Crippen LogP contribution in [0, 0.1) is 5.92 Å². The van der Waals surface area contributed by atoms with Gasteiger partial charge in [0, 0.05) is 48.8 Å². The van der Waals surface area contributed by atoms with E-state index in [-0.39, 0.29) is 0 Å². The highest BCUT2D eigenvalue weighted by Crippen LogP contribution is 2.38. The lowest BCUT2D eigenvalue weighted by Gasteiger charge is -2.27. The Labute approximate surface area is 146 Å². The van der Waals surface area contributed by atoms with Crippen LogP contribution >= 0.6 is 12.8 Å². The van der Waals surface area contributed by atoms with Crippen LogP contribution in [0.5, 0.6) is 0 Å². The van der Waals surface area contributed by atoms with Crippen LogP contribution in [0.2, 0.25) is 0 Å². The van der Waals surface area contributed by atoms with Crippen molar-refractivity contribution >= 4 is 23.8 Å². The Morgan fingerprint density at radius 2 is 2.00 bits per heavy atom. The highest BCUT2D eigenvalue weighted by molar-refractivity contribution is 7.78. The maximum absolute atomic E-state index is 9.32. The molecule has 0 amide bonds. The first-order valence-corrected chi connectivity index (χ1v) is 8.86. The van der Waals surface area contributed by atoms with Crippen molar-refractivity contribution in [2.24, 2.45) is 13.0 Å². The molecular weight excluding hydrogens is 320 g/mol. The van der Waals surface area contributed by atoms with E-state index in [1.54, 1.807) is 3.97 Å². The topological polar surface area (TPSA) is 55.9 Å². The van der Waals surface area contributed by atoms with Crippen LogP contribution in [-0.4, -0.2) is 30.5 Å². The fourth-order valence-corrected chi connectivity index (χ4v) is 4.07. The second-order valence-electron chi connectivity index (χ2n) is 6.83. The molecule has 0 bridgehead atoms. The summed E-state index contributed by atoms with van der Waals surface area (Å²) in [5, 5.41) is 14.7. The third-order valence-corrected chi connectivity index (χ3v) is 5.54. The van der Waals surface area contributed by atoms with E-state index in [0.29, 0.717) is 18.4 Å². The van der Waals surface area contributed by atoms with Crippen molar-refractivity contribution in [1.29, 1.82) is 0 Å². The summed E-state index contributed by atoms with van der Waals surface area (Å²) in [5.41, 5.74) is 4.37. The van der Waals surface area contributed by atoms with Gasteiger partial charge < -0.3 is 5.11 Å². The molecule has 3 heterocycles. The highest BCUT2D eigenvalue weighted by atomic mass is 32.1. The number of hydrogen-bond acceptors (Lipinski definition) is 4. The van der Waals surface area contributed by atoms with E-state index in [1.807, 2.05) is 36.5 Å². The quantitative estimate of drug-likeness (QED) is 0.717. The van der Waals surface area contributed by atoms with Crippen LogP contribution in [0.15, 0.2) is 30.9 Å². The summed E-state index contributed by atoms with van der Waals surface area (Å²) in [6.45, 7) is 0.317. The molecule has 0 unspecified atom stereocenters. The molecule has 1 aliphatic rings. The minimum atomic E-state index is 0.317. The molecule has 1 saturated carbocycles. The molecule has 126 valence electrons. The molecule has 0 radical (unpaired) electrons. The normalized spacial score (nSPS) is 21.5. The van der Waals surface area contributed by atoms with Gasteiger partial charge in [0.2, 0.25) is 0 Å². The van der Waals surface area contributed by atoms with Gasteiger partial charge >= 0.3 is 0 Å². The van der Waals surface area contributed by atoms with Gasteiger partial charge in [-0.15, -0.1) is 0 Å². The molecule has 1 aliphatic carbocycles. The van der Waals surface area contributed by atoms with Crippen molar-refractivity contribution in [3.8, 4) is 11.1 Å². The van der Waals surface area contributed by atoms with Crippen LogP contribution < -0.4 is 0 Å². The number of aliphatic hydroxyl groups excluding tert-OH is 1. The smallest absolute Gasteiger partial charge is 0.150 e. The van der Waals surface area contributed by atoms with Crippen molar-refractivity contribution in [2.45, 2.75) is 31.6 Å². The number of aryl methyl sites for hydroxylation is 1. The average Bonchev–Trinajstić information content (AvgIpc) is 3.18. The summed E-state index contributed by atoms with van der Waals surface area (Å²) >= 11 is 4.51. The number of fused-ring (bicyclic) bond motifs is 1. The van der Waals surface area contributed by atoms with Gasteiger partial charge in [0.25, 0.3) is 0 Å². The van der Waals surface area contributed by atoms with Gasteiger partial charge in [-0.3, -0.25) is 8.65 Å². The molecule has 24 heavy (non-hydrogen) atoms. The summed E-state index contributed by atoms with van der Waals surface area (Å²) in [5.74, 6) is 1.01. The summed E-state index contributed by atoms with van der Waals surface area (Å²) in [6.07, 6.45) is 12.3. The van der Waals surface area contributed by atoms with Crippen LogP contribution in [-0.2, 0) is 7.05 Å². The largest absolute Gasteiger partial charge is 0.396 e. The van der Waals surface area contributed by atoms with Gasteiger partial charge in [-0.25, -0.2) is 4.98 Å². The summed E-state index contributed by atoms with van der Waals surface area (Å²) in [6, 6.07) is 2.27. The molecule has 0 aromatic carbocycles. The SMILES string of the molecule is Cn1cc(-c2cn(S)c3ncc(C4CCC(CO)CC4)cc23)cn1. The van der Waals surface area contributed by atoms with E-state index in [0.717, 1.165) is 47.8 Å². The molecule has 3 aromatic rings. The van der Waals surface area contributed by atoms with E-state index in [9.17, 15) is 5.11 Å². The Bertz CT molecular complexity index is 861. The number of rotatable bonds is 3. The van der Waals surface area contributed by atoms with E-state index >= 15 is 0 Å². The molecule has 1 N–H and O–H groups in total. The fraction of sp³-hybridized carbons (Fsp3) is 0.444. The van der Waals surface area contributed by atoms with Gasteiger partial charge in [0.05, 0.1) is 6.20 Å². The molecule has 3 aromatic heterocycles. The molecular formula is C18H22N4OS. The van der Waals surface area contributed by atoms with E-state index < -0.39 is 0 Å². The van der Waals surface area contributed by atoms with Crippen LogP contribution in [0.3, 0.4) is 0 Å². The van der Waals surface area contributed by atoms with Gasteiger partial charge in [-0.2, -0.15) is 5.10 Å². The number of hydrogen-bond donors (Lipinski definition) is 2. The number of pyridine rings is 1. The first kappa shape index (κ1) is 15.7. The van der Waals surface area contributed by atoms with Crippen LogP contribution in [0.1, 0.15) is 37.2 Å². The lowest BCUT2D eigenvalue weighted by atomic mass is 9.79. The minimum Gasteiger partial charge on any atom is -0.396 e. The predicted molar refractivity (Wildman–Crippen MR) is 98.1 cm³/mol. The van der Waals surface area contributed by atoms with E-state index in [1.165, 1.54) is 5.56 Å². The minimum absolute atomic E-state index is 0.317. The van der Waals surface area contributed by atoms with E-state index in [2.05, 4.69) is 29.0 Å². The number of aromatic nitrogens is 4. The third kappa shape index (κ3) is 2.74. The first-order chi connectivity index (χ1) is 11.7. The van der Waals surface area contributed by atoms with Crippen molar-refractivity contribution < 1.29 is 5.11 Å². The summed E-state index contributed by atoms with van der Waals surface area (Å²) < 4.78 is 3.59. The molecule has 0 atom stereocenters. The lowest BCUT2D eigenvalue weighted by molar-refractivity contribution is 0.182. The Balaban J connectivity index is 1.72. The van der Waals surface area contributed by atoms with Crippen molar-refractivity contribution in [3.05, 3.63) is 36.4 Å². The van der Waals surface area contributed by atoms with Gasteiger partial charge in [0.15, 0.2) is 0 Å². The Hall–Kier alpha value is -1.79. The Morgan fingerprint density at radius 1 is 1.21 bits per heavy atom. The maximum atomic E-state index is 9.32. The summed E-state index contributed by atoms with van der Waals surface area (Å²) in [4.78, 5) is 4.66. The first-order valence-electron chi connectivity index (χ1n) is 8.46. The second kappa shape index (κ2) is 6.26. The monoisotopic (exact) mass is 342 g/mol. The average molecular weight is 342 g/mol. The molecule has 6 heteroatoms. The maximum Gasteiger partial charge on any atom is 0.150 e. The molecule has 1 fully saturated rings. The fourth-order valence-electron chi connectivity index (χ4n) is 3.80. The predicted octanol–water partition coefficient (Wildman–Crippen LogP) is 3.40. The Kier molecular flexibility index (Phi) is 4.10. The molecule has 4 rings (SSSR count). The number of thiol groups is 1. The van der Waals surface area contributed by atoms with Crippen LogP contribution in [0.25, 0.3) is 22.2 Å². The van der Waals surface area contributed by atoms with Crippen molar-refractivity contribution in [1.82, 2.24) is 18.7 Å². The van der Waals surface area contributed by atoms with Gasteiger partial charge in [-0.05, 0) is 49.1 Å². The zero-order chi connectivity index (χ0) is 16.7.